The van der Waals surface area contributed by atoms with Gasteiger partial charge in [0.2, 0.25) is 0 Å². The summed E-state index contributed by atoms with van der Waals surface area (Å²) in [6.07, 6.45) is 3.25. The molecule has 1 N–H and O–H groups in total. The third-order valence-electron chi connectivity index (χ3n) is 2.83. The molecule has 0 aliphatic heterocycles. The van der Waals surface area contributed by atoms with E-state index in [-0.39, 0.29) is 10.2 Å². The number of hydrogen-bond acceptors (Lipinski definition) is 6. The summed E-state index contributed by atoms with van der Waals surface area (Å²) >= 11 is 0. The van der Waals surface area contributed by atoms with Crippen LogP contribution in [-0.4, -0.2) is 55.8 Å². The van der Waals surface area contributed by atoms with Crippen molar-refractivity contribution in [2.75, 3.05) is 39.6 Å². The molecule has 0 spiro atoms. The van der Waals surface area contributed by atoms with Crippen molar-refractivity contribution < 1.29 is 14.2 Å². The molecule has 0 bridgehead atoms. The van der Waals surface area contributed by atoms with Gasteiger partial charge in [-0.15, -0.1) is 0 Å². The molecule has 0 aromatic heterocycles. The third kappa shape index (κ3) is 18.9. The minimum Gasteiger partial charge on any atom is -0.379 e. The van der Waals surface area contributed by atoms with Crippen LogP contribution in [-0.2, 0) is 14.2 Å². The average Bonchev–Trinajstić information content (AvgIpc) is 2.49. The van der Waals surface area contributed by atoms with Crippen molar-refractivity contribution >= 4 is 21.6 Å². The van der Waals surface area contributed by atoms with Crippen LogP contribution in [0.1, 0.15) is 60.8 Å². The summed E-state index contributed by atoms with van der Waals surface area (Å²) in [5, 5.41) is 3.46. The zero-order valence-corrected chi connectivity index (χ0v) is 18.2. The van der Waals surface area contributed by atoms with E-state index in [0.717, 1.165) is 32.4 Å². The molecule has 1 unspecified atom stereocenters. The summed E-state index contributed by atoms with van der Waals surface area (Å²) in [4.78, 5) is 0. The highest BCUT2D eigenvalue weighted by atomic mass is 33.1. The average molecular weight is 382 g/mol. The molecule has 0 aromatic rings. The highest BCUT2D eigenvalue weighted by molar-refractivity contribution is 8.77. The quantitative estimate of drug-likeness (QED) is 0.237. The monoisotopic (exact) mass is 381 g/mol. The van der Waals surface area contributed by atoms with Crippen LogP contribution in [0.15, 0.2) is 0 Å². The lowest BCUT2D eigenvalue weighted by Gasteiger charge is -2.22. The Labute approximate surface area is 157 Å². The molecule has 0 aliphatic rings. The molecule has 0 saturated carbocycles. The Kier molecular flexibility index (Phi) is 16.1. The molecular weight excluding hydrogens is 342 g/mol. The van der Waals surface area contributed by atoms with Gasteiger partial charge in [-0.3, -0.25) is 0 Å². The number of ether oxygens (including phenoxy) is 3. The zero-order valence-electron chi connectivity index (χ0n) is 16.6. The lowest BCUT2D eigenvalue weighted by atomic mass is 10.3. The standard InChI is InChI=1S/C18H39NO3S2/c1-7-11-20-12-13-21-14-15-22-17(23-24-18(4,5)6)9-8-10-19-16(2)3/h16-17,19H,7-15H2,1-6H3. The molecule has 0 fully saturated rings. The third-order valence-corrected chi connectivity index (χ3v) is 6.44. The summed E-state index contributed by atoms with van der Waals surface area (Å²) in [7, 11) is 3.74. The van der Waals surface area contributed by atoms with Gasteiger partial charge in [0.05, 0.1) is 26.4 Å². The first-order valence-electron chi connectivity index (χ1n) is 9.20. The van der Waals surface area contributed by atoms with Gasteiger partial charge in [0, 0.05) is 17.4 Å². The van der Waals surface area contributed by atoms with Crippen LogP contribution < -0.4 is 5.32 Å². The lowest BCUT2D eigenvalue weighted by molar-refractivity contribution is 0.00793. The van der Waals surface area contributed by atoms with Gasteiger partial charge in [-0.2, -0.15) is 0 Å². The molecule has 1 atom stereocenters. The van der Waals surface area contributed by atoms with Gasteiger partial charge in [0.15, 0.2) is 0 Å². The van der Waals surface area contributed by atoms with Crippen LogP contribution >= 0.6 is 21.6 Å². The molecule has 0 rings (SSSR count). The normalized spacial score (nSPS) is 13.6. The molecule has 0 amide bonds. The van der Waals surface area contributed by atoms with E-state index in [2.05, 4.69) is 46.9 Å². The Bertz CT molecular complexity index is 273. The Hall–Kier alpha value is 0.540. The molecule has 4 nitrogen and oxygen atoms in total. The number of hydrogen-bond donors (Lipinski definition) is 1. The molecule has 0 saturated heterocycles. The maximum atomic E-state index is 6.02. The minimum absolute atomic E-state index is 0.225. The van der Waals surface area contributed by atoms with Crippen molar-refractivity contribution in [2.24, 2.45) is 0 Å². The van der Waals surface area contributed by atoms with Crippen molar-refractivity contribution in [1.82, 2.24) is 5.32 Å². The number of nitrogens with one attached hydrogen (secondary N) is 1. The summed E-state index contributed by atoms with van der Waals surface area (Å²) in [6.45, 7) is 17.6. The van der Waals surface area contributed by atoms with E-state index < -0.39 is 0 Å². The first-order valence-corrected chi connectivity index (χ1v) is 11.4. The summed E-state index contributed by atoms with van der Waals surface area (Å²) < 4.78 is 17.2. The van der Waals surface area contributed by atoms with Gasteiger partial charge in [-0.05, 0) is 25.8 Å². The minimum atomic E-state index is 0.225. The highest BCUT2D eigenvalue weighted by Crippen LogP contribution is 2.39. The Morgan fingerprint density at radius 1 is 0.958 bits per heavy atom. The fraction of sp³-hybridized carbons (Fsp3) is 1.00. The van der Waals surface area contributed by atoms with Crippen molar-refractivity contribution in [1.29, 1.82) is 0 Å². The van der Waals surface area contributed by atoms with Crippen LogP contribution in [0.25, 0.3) is 0 Å². The first kappa shape index (κ1) is 24.5. The predicted octanol–water partition coefficient (Wildman–Crippen LogP) is 4.73. The van der Waals surface area contributed by atoms with E-state index >= 15 is 0 Å². The molecule has 146 valence electrons. The van der Waals surface area contributed by atoms with E-state index in [4.69, 9.17) is 14.2 Å². The van der Waals surface area contributed by atoms with Gasteiger partial charge in [0.1, 0.15) is 5.44 Å². The van der Waals surface area contributed by atoms with Gasteiger partial charge in [-0.25, -0.2) is 0 Å². The Morgan fingerprint density at radius 3 is 2.17 bits per heavy atom. The van der Waals surface area contributed by atoms with Crippen LogP contribution in [0.4, 0.5) is 0 Å². The molecule has 6 heteroatoms. The topological polar surface area (TPSA) is 39.7 Å². The van der Waals surface area contributed by atoms with E-state index in [1.807, 2.05) is 21.6 Å². The van der Waals surface area contributed by atoms with E-state index in [1.54, 1.807) is 0 Å². The summed E-state index contributed by atoms with van der Waals surface area (Å²) in [5.41, 5.74) is 0.225. The summed E-state index contributed by atoms with van der Waals surface area (Å²) in [5.74, 6) is 0. The van der Waals surface area contributed by atoms with Gasteiger partial charge >= 0.3 is 0 Å². The fourth-order valence-corrected chi connectivity index (χ4v) is 4.18. The van der Waals surface area contributed by atoms with Crippen LogP contribution in [0.3, 0.4) is 0 Å². The first-order chi connectivity index (χ1) is 11.3. The second-order valence-electron chi connectivity index (χ2n) is 7.07. The fourth-order valence-electron chi connectivity index (χ4n) is 1.72. The van der Waals surface area contributed by atoms with Crippen molar-refractivity contribution in [2.45, 2.75) is 77.0 Å². The Balaban J connectivity index is 3.84. The molecule has 0 aromatic carbocycles. The molecule has 0 radical (unpaired) electrons. The predicted molar refractivity (Wildman–Crippen MR) is 109 cm³/mol. The largest absolute Gasteiger partial charge is 0.379 e. The molecule has 0 heterocycles. The SMILES string of the molecule is CCCOCCOCCOC(CCCNC(C)C)SSC(C)(C)C. The Morgan fingerprint density at radius 2 is 1.58 bits per heavy atom. The van der Waals surface area contributed by atoms with E-state index in [1.165, 1.54) is 0 Å². The van der Waals surface area contributed by atoms with Crippen molar-refractivity contribution in [3.05, 3.63) is 0 Å². The van der Waals surface area contributed by atoms with Crippen LogP contribution in [0.2, 0.25) is 0 Å². The van der Waals surface area contributed by atoms with E-state index in [9.17, 15) is 0 Å². The van der Waals surface area contributed by atoms with Gasteiger partial charge in [-0.1, -0.05) is 63.1 Å². The van der Waals surface area contributed by atoms with Crippen molar-refractivity contribution in [3.8, 4) is 0 Å². The molecule has 24 heavy (non-hydrogen) atoms. The van der Waals surface area contributed by atoms with Crippen LogP contribution in [0.5, 0.6) is 0 Å². The highest BCUT2D eigenvalue weighted by Gasteiger charge is 2.17. The maximum Gasteiger partial charge on any atom is 0.113 e. The summed E-state index contributed by atoms with van der Waals surface area (Å²) in [6, 6.07) is 0.546. The second-order valence-corrected chi connectivity index (χ2v) is 10.3. The lowest BCUT2D eigenvalue weighted by Crippen LogP contribution is -2.24. The maximum absolute atomic E-state index is 6.02. The number of rotatable bonds is 16. The van der Waals surface area contributed by atoms with Crippen LogP contribution in [0, 0.1) is 0 Å². The van der Waals surface area contributed by atoms with Gasteiger partial charge in [0.25, 0.3) is 0 Å². The molecular formula is C18H39NO3S2. The van der Waals surface area contributed by atoms with E-state index in [0.29, 0.717) is 32.5 Å². The smallest absolute Gasteiger partial charge is 0.113 e. The second kappa shape index (κ2) is 15.8. The zero-order chi connectivity index (χ0) is 18.3. The van der Waals surface area contributed by atoms with Gasteiger partial charge < -0.3 is 19.5 Å². The molecule has 0 aliphatic carbocycles. The van der Waals surface area contributed by atoms with Crippen molar-refractivity contribution in [3.63, 3.8) is 0 Å².